The fourth-order valence-electron chi connectivity index (χ4n) is 2.19. The van der Waals surface area contributed by atoms with E-state index < -0.39 is 0 Å². The van der Waals surface area contributed by atoms with Gasteiger partial charge in [-0.05, 0) is 36.5 Å². The van der Waals surface area contributed by atoms with Crippen molar-refractivity contribution in [2.24, 2.45) is 0 Å². The van der Waals surface area contributed by atoms with Gasteiger partial charge in [0.2, 0.25) is 0 Å². The van der Waals surface area contributed by atoms with Crippen LogP contribution in [0.5, 0.6) is 0 Å². The Labute approximate surface area is 113 Å². The summed E-state index contributed by atoms with van der Waals surface area (Å²) >= 11 is 3.31. The molecule has 0 spiro atoms. The van der Waals surface area contributed by atoms with E-state index in [4.69, 9.17) is 0 Å². The van der Waals surface area contributed by atoms with Gasteiger partial charge in [0.15, 0.2) is 0 Å². The first-order valence-electron chi connectivity index (χ1n) is 6.64. The monoisotopic (exact) mass is 300 g/mol. The van der Waals surface area contributed by atoms with Crippen LogP contribution in [0.2, 0.25) is 0 Å². The van der Waals surface area contributed by atoms with Crippen LogP contribution in [-0.2, 0) is 0 Å². The predicted molar refractivity (Wildman–Crippen MR) is 75.9 cm³/mol. The first kappa shape index (κ1) is 14.7. The second-order valence-corrected chi connectivity index (χ2v) is 5.56. The zero-order valence-corrected chi connectivity index (χ0v) is 12.4. The summed E-state index contributed by atoms with van der Waals surface area (Å²) in [5, 5.41) is 0. The van der Waals surface area contributed by atoms with Crippen molar-refractivity contribution >= 4 is 15.9 Å². The third-order valence-electron chi connectivity index (χ3n) is 3.21. The largest absolute Gasteiger partial charge is 0.207 e. The lowest BCUT2D eigenvalue weighted by Crippen LogP contribution is -2.02. The summed E-state index contributed by atoms with van der Waals surface area (Å²) in [7, 11) is 0. The minimum Gasteiger partial charge on any atom is -0.207 e. The highest BCUT2D eigenvalue weighted by atomic mass is 79.9. The number of hydrogen-bond acceptors (Lipinski definition) is 0. The fourth-order valence-corrected chi connectivity index (χ4v) is 2.52. The summed E-state index contributed by atoms with van der Waals surface area (Å²) in [5.41, 5.74) is 0.898. The van der Waals surface area contributed by atoms with Gasteiger partial charge in [0.25, 0.3) is 0 Å². The lowest BCUT2D eigenvalue weighted by Gasteiger charge is -2.17. The molecule has 0 heterocycles. The average Bonchev–Trinajstić information content (AvgIpc) is 2.30. The number of unbranched alkanes of at least 4 members (excludes halogenated alkanes) is 2. The number of rotatable bonds is 7. The molecular formula is C15H22BrF. The van der Waals surface area contributed by atoms with E-state index in [1.807, 2.05) is 12.1 Å². The second kappa shape index (κ2) is 7.86. The molecule has 0 aromatic heterocycles. The van der Waals surface area contributed by atoms with Crippen LogP contribution in [-0.4, -0.2) is 0 Å². The third-order valence-corrected chi connectivity index (χ3v) is 3.71. The molecule has 0 fully saturated rings. The minimum absolute atomic E-state index is 0.0587. The van der Waals surface area contributed by atoms with Gasteiger partial charge in [0, 0.05) is 4.47 Å². The smallest absolute Gasteiger partial charge is 0.127 e. The fraction of sp³-hybridized carbons (Fsp3) is 0.600. The van der Waals surface area contributed by atoms with E-state index in [0.29, 0.717) is 5.92 Å². The zero-order valence-electron chi connectivity index (χ0n) is 10.8. The lowest BCUT2D eigenvalue weighted by atomic mass is 9.89. The lowest BCUT2D eigenvalue weighted by molar-refractivity contribution is 0.496. The minimum atomic E-state index is -0.0587. The van der Waals surface area contributed by atoms with Crippen LogP contribution in [0.4, 0.5) is 4.39 Å². The highest BCUT2D eigenvalue weighted by Crippen LogP contribution is 2.30. The van der Waals surface area contributed by atoms with Gasteiger partial charge in [0.05, 0.1) is 0 Å². The highest BCUT2D eigenvalue weighted by Gasteiger charge is 2.15. The summed E-state index contributed by atoms with van der Waals surface area (Å²) in [4.78, 5) is 0. The summed E-state index contributed by atoms with van der Waals surface area (Å²) in [6.45, 7) is 4.38. The molecule has 17 heavy (non-hydrogen) atoms. The maximum atomic E-state index is 13.9. The Kier molecular flexibility index (Phi) is 6.79. The van der Waals surface area contributed by atoms with Gasteiger partial charge < -0.3 is 0 Å². The van der Waals surface area contributed by atoms with E-state index in [2.05, 4.69) is 29.8 Å². The summed E-state index contributed by atoms with van der Waals surface area (Å²) < 4.78 is 14.7. The maximum Gasteiger partial charge on any atom is 0.127 e. The van der Waals surface area contributed by atoms with Crippen LogP contribution in [0.15, 0.2) is 22.7 Å². The van der Waals surface area contributed by atoms with Crippen molar-refractivity contribution in [1.82, 2.24) is 0 Å². The zero-order chi connectivity index (χ0) is 12.7. The summed E-state index contributed by atoms with van der Waals surface area (Å²) in [6.07, 6.45) is 6.94. The van der Waals surface area contributed by atoms with Crippen molar-refractivity contribution in [3.63, 3.8) is 0 Å². The molecule has 0 radical (unpaired) electrons. The Morgan fingerprint density at radius 2 is 1.71 bits per heavy atom. The SMILES string of the molecule is CCCCC(CCCC)c1ccc(Br)cc1F. The molecule has 0 aliphatic heterocycles. The van der Waals surface area contributed by atoms with Crippen molar-refractivity contribution in [3.8, 4) is 0 Å². The van der Waals surface area contributed by atoms with Crippen LogP contribution in [0.1, 0.15) is 63.9 Å². The van der Waals surface area contributed by atoms with Gasteiger partial charge >= 0.3 is 0 Å². The molecule has 0 unspecified atom stereocenters. The number of benzene rings is 1. The molecule has 0 bridgehead atoms. The van der Waals surface area contributed by atoms with E-state index in [1.165, 1.54) is 25.7 Å². The van der Waals surface area contributed by atoms with Gasteiger partial charge in [-0.15, -0.1) is 0 Å². The molecule has 1 aromatic carbocycles. The molecule has 2 heteroatoms. The summed E-state index contributed by atoms with van der Waals surface area (Å²) in [5.74, 6) is 0.333. The molecule has 0 nitrogen and oxygen atoms in total. The molecule has 96 valence electrons. The van der Waals surface area contributed by atoms with Crippen LogP contribution in [0.25, 0.3) is 0 Å². The van der Waals surface area contributed by atoms with E-state index in [1.54, 1.807) is 6.07 Å². The van der Waals surface area contributed by atoms with Crippen molar-refractivity contribution < 1.29 is 4.39 Å². The van der Waals surface area contributed by atoms with Gasteiger partial charge in [-0.25, -0.2) is 4.39 Å². The Morgan fingerprint density at radius 3 is 2.18 bits per heavy atom. The van der Waals surface area contributed by atoms with E-state index in [-0.39, 0.29) is 5.82 Å². The second-order valence-electron chi connectivity index (χ2n) is 4.65. The van der Waals surface area contributed by atoms with Crippen molar-refractivity contribution in [2.45, 2.75) is 58.3 Å². The molecule has 1 rings (SSSR count). The molecular weight excluding hydrogens is 279 g/mol. The normalized spacial score (nSPS) is 11.1. The first-order valence-corrected chi connectivity index (χ1v) is 7.43. The van der Waals surface area contributed by atoms with Crippen LogP contribution in [0.3, 0.4) is 0 Å². The third kappa shape index (κ3) is 4.79. The Hall–Kier alpha value is -0.370. The van der Waals surface area contributed by atoms with Crippen molar-refractivity contribution in [3.05, 3.63) is 34.1 Å². The van der Waals surface area contributed by atoms with E-state index in [0.717, 1.165) is 22.9 Å². The van der Waals surface area contributed by atoms with Crippen LogP contribution < -0.4 is 0 Å². The van der Waals surface area contributed by atoms with Crippen molar-refractivity contribution in [1.29, 1.82) is 0 Å². The van der Waals surface area contributed by atoms with Gasteiger partial charge in [0.1, 0.15) is 5.82 Å². The predicted octanol–water partition coefficient (Wildman–Crippen LogP) is 6.05. The van der Waals surface area contributed by atoms with E-state index >= 15 is 0 Å². The Morgan fingerprint density at radius 1 is 1.12 bits per heavy atom. The molecule has 0 amide bonds. The van der Waals surface area contributed by atoms with Gasteiger partial charge in [-0.2, -0.15) is 0 Å². The highest BCUT2D eigenvalue weighted by molar-refractivity contribution is 9.10. The number of halogens is 2. The van der Waals surface area contributed by atoms with Gasteiger partial charge in [-0.1, -0.05) is 61.5 Å². The molecule has 0 aliphatic rings. The Balaban J connectivity index is 2.79. The van der Waals surface area contributed by atoms with Gasteiger partial charge in [-0.3, -0.25) is 0 Å². The molecule has 0 saturated carbocycles. The first-order chi connectivity index (χ1) is 8.19. The summed E-state index contributed by atoms with van der Waals surface area (Å²) in [6, 6.07) is 5.47. The standard InChI is InChI=1S/C15H22BrF/c1-3-5-7-12(8-6-4-2)14-10-9-13(16)11-15(14)17/h9-12H,3-8H2,1-2H3. The molecule has 0 atom stereocenters. The maximum absolute atomic E-state index is 13.9. The van der Waals surface area contributed by atoms with Crippen LogP contribution >= 0.6 is 15.9 Å². The van der Waals surface area contributed by atoms with Crippen LogP contribution in [0, 0.1) is 5.82 Å². The quantitative estimate of drug-likeness (QED) is 0.575. The molecule has 0 aliphatic carbocycles. The molecule has 0 N–H and O–H groups in total. The van der Waals surface area contributed by atoms with E-state index in [9.17, 15) is 4.39 Å². The topological polar surface area (TPSA) is 0 Å². The Bertz CT molecular complexity index is 328. The average molecular weight is 301 g/mol. The number of hydrogen-bond donors (Lipinski definition) is 0. The molecule has 0 saturated heterocycles. The van der Waals surface area contributed by atoms with Crippen molar-refractivity contribution in [2.75, 3.05) is 0 Å². The molecule has 1 aromatic rings.